The number of hydrogen-bond donors (Lipinski definition) is 1. The molecule has 0 saturated heterocycles. The van der Waals surface area contributed by atoms with Gasteiger partial charge in [0.15, 0.2) is 0 Å². The monoisotopic (exact) mass is 341 g/mol. The third-order valence-corrected chi connectivity index (χ3v) is 4.64. The molecule has 0 unspecified atom stereocenters. The Kier molecular flexibility index (Phi) is 4.00. The molecule has 1 aromatic carbocycles. The summed E-state index contributed by atoms with van der Waals surface area (Å²) in [5, 5.41) is 4.95. The van der Waals surface area contributed by atoms with Crippen LogP contribution in [-0.2, 0) is 0 Å². The Hall–Kier alpha value is -1.03. The van der Waals surface area contributed by atoms with Gasteiger partial charge in [0, 0.05) is 16.5 Å². The van der Waals surface area contributed by atoms with Crippen LogP contribution in [-0.4, -0.2) is 9.97 Å². The van der Waals surface area contributed by atoms with Crippen molar-refractivity contribution < 1.29 is 0 Å². The first-order chi connectivity index (χ1) is 9.95. The van der Waals surface area contributed by atoms with E-state index in [1.165, 1.54) is 0 Å². The fourth-order valence-electron chi connectivity index (χ4n) is 2.02. The molecule has 21 heavy (non-hydrogen) atoms. The number of hydrogen-bond acceptors (Lipinski definition) is 3. The van der Waals surface area contributed by atoms with Crippen LogP contribution in [0.3, 0.4) is 0 Å². The van der Waals surface area contributed by atoms with Crippen molar-refractivity contribution >= 4 is 46.3 Å². The maximum Gasteiger partial charge on any atom is 0.138 e. The van der Waals surface area contributed by atoms with Gasteiger partial charge in [-0.2, -0.15) is 0 Å². The fraction of sp³-hybridized carbons (Fsp3) is 0.333. The van der Waals surface area contributed by atoms with Gasteiger partial charge in [-0.05, 0) is 44.4 Å². The predicted molar refractivity (Wildman–Crippen MR) is 88.2 cm³/mol. The molecule has 1 heterocycles. The van der Waals surface area contributed by atoms with E-state index in [-0.39, 0.29) is 0 Å². The number of anilines is 2. The maximum atomic E-state index is 6.26. The van der Waals surface area contributed by atoms with E-state index in [4.69, 9.17) is 34.8 Å². The lowest BCUT2D eigenvalue weighted by Gasteiger charge is -2.13. The Bertz CT molecular complexity index is 712. The lowest BCUT2D eigenvalue weighted by Crippen LogP contribution is -2.03. The van der Waals surface area contributed by atoms with E-state index < -0.39 is 0 Å². The normalized spacial score (nSPS) is 14.3. The van der Waals surface area contributed by atoms with Gasteiger partial charge in [0.1, 0.15) is 16.8 Å². The highest BCUT2D eigenvalue weighted by Gasteiger charge is 2.28. The molecule has 1 aliphatic rings. The molecule has 1 N–H and O–H groups in total. The van der Waals surface area contributed by atoms with Gasteiger partial charge in [-0.25, -0.2) is 9.97 Å². The van der Waals surface area contributed by atoms with Crippen molar-refractivity contribution in [1.29, 1.82) is 0 Å². The summed E-state index contributed by atoms with van der Waals surface area (Å²) in [4.78, 5) is 8.92. The summed E-state index contributed by atoms with van der Waals surface area (Å²) in [5.74, 6) is 1.90. The quantitative estimate of drug-likeness (QED) is 0.730. The molecule has 0 aliphatic heterocycles. The molecule has 0 bridgehead atoms. The molecule has 6 heteroatoms. The van der Waals surface area contributed by atoms with E-state index in [9.17, 15) is 0 Å². The van der Waals surface area contributed by atoms with Crippen LogP contribution in [0.5, 0.6) is 0 Å². The summed E-state index contributed by atoms with van der Waals surface area (Å²) in [6.45, 7) is 3.79. The number of halogens is 3. The molecule has 0 amide bonds. The van der Waals surface area contributed by atoms with Gasteiger partial charge < -0.3 is 5.32 Å². The molecule has 0 atom stereocenters. The number of aryl methyl sites for hydroxylation is 1. The van der Waals surface area contributed by atoms with Crippen molar-refractivity contribution in [2.24, 2.45) is 0 Å². The summed E-state index contributed by atoms with van der Waals surface area (Å²) >= 11 is 18.6. The molecule has 110 valence electrons. The van der Waals surface area contributed by atoms with E-state index in [1.54, 1.807) is 6.07 Å². The number of nitrogens with zero attached hydrogens (tertiary/aromatic N) is 2. The highest BCUT2D eigenvalue weighted by atomic mass is 35.5. The van der Waals surface area contributed by atoms with Crippen LogP contribution >= 0.6 is 34.8 Å². The van der Waals surface area contributed by atoms with Gasteiger partial charge >= 0.3 is 0 Å². The van der Waals surface area contributed by atoms with E-state index >= 15 is 0 Å². The van der Waals surface area contributed by atoms with Crippen molar-refractivity contribution in [3.63, 3.8) is 0 Å². The first-order valence-electron chi connectivity index (χ1n) is 6.72. The molecule has 0 radical (unpaired) electrons. The third kappa shape index (κ3) is 3.10. The number of aromatic nitrogens is 2. The largest absolute Gasteiger partial charge is 0.339 e. The van der Waals surface area contributed by atoms with Crippen LogP contribution in [0, 0.1) is 13.8 Å². The number of nitrogens with one attached hydrogen (secondary N) is 1. The topological polar surface area (TPSA) is 37.8 Å². The molecule has 1 fully saturated rings. The van der Waals surface area contributed by atoms with E-state index in [0.29, 0.717) is 32.6 Å². The predicted octanol–water partition coefficient (Wildman–Crippen LogP) is 5.67. The van der Waals surface area contributed by atoms with Crippen molar-refractivity contribution in [3.8, 4) is 0 Å². The average molecular weight is 343 g/mol. The average Bonchev–Trinajstić information content (AvgIpc) is 3.25. The Morgan fingerprint density at radius 1 is 1.05 bits per heavy atom. The number of rotatable bonds is 3. The summed E-state index contributed by atoms with van der Waals surface area (Å²) in [6, 6.07) is 3.62. The maximum absolute atomic E-state index is 6.26. The van der Waals surface area contributed by atoms with Gasteiger partial charge in [-0.1, -0.05) is 34.8 Å². The van der Waals surface area contributed by atoms with Crippen LogP contribution in [0.25, 0.3) is 0 Å². The van der Waals surface area contributed by atoms with Gasteiger partial charge in [-0.3, -0.25) is 0 Å². The summed E-state index contributed by atoms with van der Waals surface area (Å²) in [7, 11) is 0. The van der Waals surface area contributed by atoms with Crippen molar-refractivity contribution in [1.82, 2.24) is 9.97 Å². The first kappa shape index (κ1) is 14.9. The number of benzene rings is 1. The minimum Gasteiger partial charge on any atom is -0.339 e. The molecule has 3 nitrogen and oxygen atoms in total. The highest BCUT2D eigenvalue weighted by Crippen LogP contribution is 2.40. The zero-order valence-corrected chi connectivity index (χ0v) is 13.9. The van der Waals surface area contributed by atoms with Crippen LogP contribution in [0.1, 0.15) is 35.7 Å². The summed E-state index contributed by atoms with van der Waals surface area (Å²) < 4.78 is 0. The lowest BCUT2D eigenvalue weighted by molar-refractivity contribution is 0.922. The molecule has 1 aliphatic carbocycles. The highest BCUT2D eigenvalue weighted by molar-refractivity contribution is 6.36. The fourth-order valence-corrected chi connectivity index (χ4v) is 2.63. The van der Waals surface area contributed by atoms with Gasteiger partial charge in [-0.15, -0.1) is 0 Å². The standard InChI is InChI=1S/C15H14Cl3N3/c1-7-5-11(17)12(6-10(7)16)19-14-8(2)13(18)20-15(21-14)9-3-4-9/h5-6,9H,3-4H2,1-2H3,(H,19,20,21). The van der Waals surface area contributed by atoms with Crippen LogP contribution in [0.2, 0.25) is 15.2 Å². The summed E-state index contributed by atoms with van der Waals surface area (Å²) in [6.07, 6.45) is 2.24. The van der Waals surface area contributed by atoms with E-state index in [2.05, 4.69) is 15.3 Å². The Morgan fingerprint density at radius 3 is 2.43 bits per heavy atom. The Morgan fingerprint density at radius 2 is 1.76 bits per heavy atom. The smallest absolute Gasteiger partial charge is 0.138 e. The van der Waals surface area contributed by atoms with Crippen molar-refractivity contribution in [2.45, 2.75) is 32.6 Å². The van der Waals surface area contributed by atoms with Crippen LogP contribution in [0.15, 0.2) is 12.1 Å². The molecule has 3 rings (SSSR count). The molecule has 1 aromatic heterocycles. The molecule has 0 spiro atoms. The molecular formula is C15H14Cl3N3. The summed E-state index contributed by atoms with van der Waals surface area (Å²) in [5.41, 5.74) is 2.45. The zero-order chi connectivity index (χ0) is 15.1. The zero-order valence-electron chi connectivity index (χ0n) is 11.7. The van der Waals surface area contributed by atoms with Crippen LogP contribution < -0.4 is 5.32 Å². The second-order valence-electron chi connectivity index (χ2n) is 5.33. The second-order valence-corrected chi connectivity index (χ2v) is 6.50. The van der Waals surface area contributed by atoms with Crippen molar-refractivity contribution in [2.75, 3.05) is 5.32 Å². The molecule has 1 saturated carbocycles. The van der Waals surface area contributed by atoms with Gasteiger partial charge in [0.25, 0.3) is 0 Å². The first-order valence-corrected chi connectivity index (χ1v) is 7.86. The second kappa shape index (κ2) is 5.64. The SMILES string of the molecule is Cc1cc(Cl)c(Nc2nc(C3CC3)nc(Cl)c2C)cc1Cl. The lowest BCUT2D eigenvalue weighted by atomic mass is 10.2. The minimum absolute atomic E-state index is 0.431. The minimum atomic E-state index is 0.431. The van der Waals surface area contributed by atoms with Gasteiger partial charge in [0.2, 0.25) is 0 Å². The Labute approximate surface area is 138 Å². The van der Waals surface area contributed by atoms with E-state index in [1.807, 2.05) is 19.9 Å². The van der Waals surface area contributed by atoms with Gasteiger partial charge in [0.05, 0.1) is 10.7 Å². The third-order valence-electron chi connectivity index (χ3n) is 3.55. The van der Waals surface area contributed by atoms with Crippen molar-refractivity contribution in [3.05, 3.63) is 44.3 Å². The van der Waals surface area contributed by atoms with Crippen LogP contribution in [0.4, 0.5) is 11.5 Å². The molecular weight excluding hydrogens is 329 g/mol. The molecule has 2 aromatic rings. The van der Waals surface area contributed by atoms with E-state index in [0.717, 1.165) is 29.8 Å². The Balaban J connectivity index is 1.99.